The van der Waals surface area contributed by atoms with Gasteiger partial charge in [-0.1, -0.05) is 20.8 Å². The Morgan fingerprint density at radius 3 is 2.46 bits per heavy atom. The van der Waals surface area contributed by atoms with Crippen LogP contribution in [-0.4, -0.2) is 57.1 Å². The van der Waals surface area contributed by atoms with E-state index < -0.39 is 24.0 Å². The summed E-state index contributed by atoms with van der Waals surface area (Å²) in [4.78, 5) is 45.0. The van der Waals surface area contributed by atoms with Crippen LogP contribution >= 0.6 is 11.3 Å². The molecule has 3 amide bonds. The standard InChI is InChI=1S/C29H37F2N5O4S/c1-28(2,3)16-32-24(37)17-9-10-20-19(14-17)33-26(34-25(38)22-12-11-21(41-22)23(30)31)36(20)15-18-8-7-13-35(18)27(39)40-29(4,5)6/h9-12,14,18,23H,7-8,13,15-16H2,1-6H3,(H,32,37)(H,33,34,38). The number of amides is 3. The number of ether oxygens (including phenoxy) is 1. The van der Waals surface area contributed by atoms with Crippen LogP contribution < -0.4 is 10.6 Å². The zero-order valence-electron chi connectivity index (χ0n) is 24.2. The lowest BCUT2D eigenvalue weighted by atomic mass is 9.97. The maximum Gasteiger partial charge on any atom is 0.410 e. The molecular weight excluding hydrogens is 552 g/mol. The largest absolute Gasteiger partial charge is 0.444 e. The third-order valence-electron chi connectivity index (χ3n) is 6.48. The number of fused-ring (bicyclic) bond motifs is 1. The quantitative estimate of drug-likeness (QED) is 0.329. The highest BCUT2D eigenvalue weighted by Gasteiger charge is 2.33. The number of rotatable bonds is 7. The summed E-state index contributed by atoms with van der Waals surface area (Å²) in [6.07, 6.45) is -1.56. The minimum atomic E-state index is -2.67. The number of carbonyl (C=O) groups is 3. The van der Waals surface area contributed by atoms with Gasteiger partial charge >= 0.3 is 6.09 Å². The van der Waals surface area contributed by atoms with E-state index in [4.69, 9.17) is 4.74 Å². The lowest BCUT2D eigenvalue weighted by molar-refractivity contribution is 0.0214. The fourth-order valence-electron chi connectivity index (χ4n) is 4.55. The van der Waals surface area contributed by atoms with Crippen LogP contribution in [0.5, 0.6) is 0 Å². The Labute approximate surface area is 242 Å². The number of alkyl halides is 2. The normalized spacial score (nSPS) is 15.9. The third kappa shape index (κ3) is 7.60. The molecule has 1 aromatic carbocycles. The van der Waals surface area contributed by atoms with Crippen molar-refractivity contribution in [3.8, 4) is 0 Å². The van der Waals surface area contributed by atoms with Crippen molar-refractivity contribution in [2.75, 3.05) is 18.4 Å². The second kappa shape index (κ2) is 11.8. The van der Waals surface area contributed by atoms with E-state index in [-0.39, 0.29) is 33.1 Å². The average molecular weight is 590 g/mol. The van der Waals surface area contributed by atoms with Gasteiger partial charge in [0.15, 0.2) is 0 Å². The number of benzene rings is 1. The monoisotopic (exact) mass is 589 g/mol. The van der Waals surface area contributed by atoms with Gasteiger partial charge in [-0.2, -0.15) is 0 Å². The van der Waals surface area contributed by atoms with Crippen molar-refractivity contribution in [2.24, 2.45) is 5.41 Å². The molecule has 3 aromatic rings. The van der Waals surface area contributed by atoms with Gasteiger partial charge in [-0.25, -0.2) is 18.6 Å². The van der Waals surface area contributed by atoms with E-state index in [2.05, 4.69) is 15.6 Å². The zero-order chi connectivity index (χ0) is 30.1. The van der Waals surface area contributed by atoms with Crippen LogP contribution in [0.1, 0.15) is 85.7 Å². The fourth-order valence-corrected chi connectivity index (χ4v) is 5.31. The molecule has 1 saturated heterocycles. The lowest BCUT2D eigenvalue weighted by Gasteiger charge is -2.29. The van der Waals surface area contributed by atoms with Crippen LogP contribution in [0.2, 0.25) is 0 Å². The summed E-state index contributed by atoms with van der Waals surface area (Å²) in [6.45, 7) is 12.8. The molecule has 12 heteroatoms. The molecule has 1 aliphatic heterocycles. The first kappa shape index (κ1) is 30.4. The molecule has 0 spiro atoms. The van der Waals surface area contributed by atoms with E-state index in [0.717, 1.165) is 12.8 Å². The number of hydrogen-bond donors (Lipinski definition) is 2. The van der Waals surface area contributed by atoms with E-state index in [1.165, 1.54) is 12.1 Å². The van der Waals surface area contributed by atoms with E-state index in [9.17, 15) is 23.2 Å². The van der Waals surface area contributed by atoms with Crippen molar-refractivity contribution in [1.82, 2.24) is 19.8 Å². The molecule has 0 radical (unpaired) electrons. The molecule has 1 unspecified atom stereocenters. The van der Waals surface area contributed by atoms with Crippen molar-refractivity contribution in [3.63, 3.8) is 0 Å². The van der Waals surface area contributed by atoms with Crippen LogP contribution in [0, 0.1) is 5.41 Å². The molecule has 222 valence electrons. The van der Waals surface area contributed by atoms with Crippen LogP contribution in [0.4, 0.5) is 19.5 Å². The van der Waals surface area contributed by atoms with Gasteiger partial charge in [0.25, 0.3) is 18.2 Å². The smallest absolute Gasteiger partial charge is 0.410 e. The molecule has 2 N–H and O–H groups in total. The molecule has 41 heavy (non-hydrogen) atoms. The van der Waals surface area contributed by atoms with Crippen LogP contribution in [0.3, 0.4) is 0 Å². The summed E-state index contributed by atoms with van der Waals surface area (Å²) >= 11 is 0.716. The highest BCUT2D eigenvalue weighted by Crippen LogP contribution is 2.30. The Kier molecular flexibility index (Phi) is 8.72. The Bertz CT molecular complexity index is 1440. The number of nitrogens with one attached hydrogen (secondary N) is 2. The van der Waals surface area contributed by atoms with Gasteiger partial charge in [-0.05, 0) is 69.4 Å². The number of anilines is 1. The molecule has 1 fully saturated rings. The predicted molar refractivity (Wildman–Crippen MR) is 155 cm³/mol. The number of aromatic nitrogens is 2. The molecule has 0 saturated carbocycles. The highest BCUT2D eigenvalue weighted by molar-refractivity contribution is 7.14. The third-order valence-corrected chi connectivity index (χ3v) is 7.57. The Balaban J connectivity index is 1.66. The van der Waals surface area contributed by atoms with Crippen molar-refractivity contribution >= 4 is 46.2 Å². The number of carbonyl (C=O) groups excluding carboxylic acids is 3. The number of imidazole rings is 1. The van der Waals surface area contributed by atoms with Gasteiger partial charge in [-0.15, -0.1) is 11.3 Å². The first-order valence-electron chi connectivity index (χ1n) is 13.6. The maximum absolute atomic E-state index is 13.1. The zero-order valence-corrected chi connectivity index (χ0v) is 25.0. The first-order valence-corrected chi connectivity index (χ1v) is 14.4. The van der Waals surface area contributed by atoms with Gasteiger partial charge in [0.1, 0.15) is 5.60 Å². The van der Waals surface area contributed by atoms with Crippen molar-refractivity contribution in [2.45, 2.75) is 79.0 Å². The van der Waals surface area contributed by atoms with Crippen LogP contribution in [0.15, 0.2) is 30.3 Å². The summed E-state index contributed by atoms with van der Waals surface area (Å²) in [5.41, 5.74) is 0.812. The Morgan fingerprint density at radius 1 is 1.10 bits per heavy atom. The minimum absolute atomic E-state index is 0.0912. The molecule has 9 nitrogen and oxygen atoms in total. The van der Waals surface area contributed by atoms with Crippen molar-refractivity contribution in [1.29, 1.82) is 0 Å². The van der Waals surface area contributed by atoms with E-state index >= 15 is 0 Å². The Hall–Kier alpha value is -3.54. The summed E-state index contributed by atoms with van der Waals surface area (Å²) in [6, 6.07) is 7.47. The van der Waals surface area contributed by atoms with E-state index in [0.29, 0.717) is 47.6 Å². The van der Waals surface area contributed by atoms with Gasteiger partial charge in [0.05, 0.1) is 26.8 Å². The maximum atomic E-state index is 13.1. The predicted octanol–water partition coefficient (Wildman–Crippen LogP) is 6.46. The number of hydrogen-bond acceptors (Lipinski definition) is 6. The molecular formula is C29H37F2N5O4S. The molecule has 1 aliphatic rings. The number of nitrogens with zero attached hydrogens (tertiary/aromatic N) is 3. The van der Waals surface area contributed by atoms with Gasteiger partial charge in [-0.3, -0.25) is 14.9 Å². The first-order chi connectivity index (χ1) is 19.1. The van der Waals surface area contributed by atoms with Gasteiger partial charge < -0.3 is 19.5 Å². The van der Waals surface area contributed by atoms with E-state index in [1.807, 2.05) is 41.5 Å². The second-order valence-corrected chi connectivity index (χ2v) is 13.5. The topological polar surface area (TPSA) is 106 Å². The molecule has 1 atom stereocenters. The Morgan fingerprint density at radius 2 is 1.83 bits per heavy atom. The summed E-state index contributed by atoms with van der Waals surface area (Å²) in [7, 11) is 0. The molecule has 3 heterocycles. The number of halogens is 2. The van der Waals surface area contributed by atoms with Crippen LogP contribution in [-0.2, 0) is 11.3 Å². The minimum Gasteiger partial charge on any atom is -0.444 e. The molecule has 2 aromatic heterocycles. The van der Waals surface area contributed by atoms with Gasteiger partial charge in [0.2, 0.25) is 5.95 Å². The lowest BCUT2D eigenvalue weighted by Crippen LogP contribution is -2.41. The van der Waals surface area contributed by atoms with Crippen molar-refractivity contribution in [3.05, 3.63) is 45.6 Å². The second-order valence-electron chi connectivity index (χ2n) is 12.4. The van der Waals surface area contributed by atoms with E-state index in [1.54, 1.807) is 27.7 Å². The highest BCUT2D eigenvalue weighted by atomic mass is 32.1. The number of thiophene rings is 1. The summed E-state index contributed by atoms with van der Waals surface area (Å²) in [5, 5.41) is 5.69. The van der Waals surface area contributed by atoms with Crippen molar-refractivity contribution < 1.29 is 27.9 Å². The fraction of sp³-hybridized carbons (Fsp3) is 0.517. The molecule has 0 bridgehead atoms. The summed E-state index contributed by atoms with van der Waals surface area (Å²) in [5.74, 6) is -0.621. The summed E-state index contributed by atoms with van der Waals surface area (Å²) < 4.78 is 33.6. The SMILES string of the molecule is CC(C)(C)CNC(=O)c1ccc2c(c1)nc(NC(=O)c1ccc(C(F)F)s1)n2CC1CCCN1C(=O)OC(C)(C)C. The molecule has 4 rings (SSSR count). The molecule has 0 aliphatic carbocycles. The van der Waals surface area contributed by atoms with Crippen LogP contribution in [0.25, 0.3) is 11.0 Å². The van der Waals surface area contributed by atoms with Gasteiger partial charge in [0, 0.05) is 25.2 Å². The number of likely N-dealkylation sites (tertiary alicyclic amines) is 1. The average Bonchev–Trinajstić information content (AvgIpc) is 3.60.